The maximum Gasteiger partial charge on any atom is 0.139 e. The SMILES string of the molecule is Cc1nc2cccc(OC3CCNC3)c2s1. The van der Waals surface area contributed by atoms with Crippen LogP contribution in [0.2, 0.25) is 0 Å². The molecule has 3 nitrogen and oxygen atoms in total. The smallest absolute Gasteiger partial charge is 0.139 e. The predicted molar refractivity (Wildman–Crippen MR) is 66.3 cm³/mol. The highest BCUT2D eigenvalue weighted by atomic mass is 32.1. The summed E-state index contributed by atoms with van der Waals surface area (Å²) in [4.78, 5) is 4.47. The van der Waals surface area contributed by atoms with Gasteiger partial charge in [0.1, 0.15) is 11.9 Å². The Morgan fingerprint density at radius 3 is 3.25 bits per heavy atom. The number of nitrogens with one attached hydrogen (secondary N) is 1. The molecule has 0 amide bonds. The highest BCUT2D eigenvalue weighted by Crippen LogP contribution is 2.31. The van der Waals surface area contributed by atoms with Gasteiger partial charge >= 0.3 is 0 Å². The van der Waals surface area contributed by atoms with Crippen LogP contribution in [0.1, 0.15) is 11.4 Å². The minimum atomic E-state index is 0.313. The summed E-state index contributed by atoms with van der Waals surface area (Å²) in [6.07, 6.45) is 1.40. The van der Waals surface area contributed by atoms with Crippen molar-refractivity contribution in [1.82, 2.24) is 10.3 Å². The quantitative estimate of drug-likeness (QED) is 0.866. The maximum absolute atomic E-state index is 6.01. The first-order valence-electron chi connectivity index (χ1n) is 5.56. The van der Waals surface area contributed by atoms with Crippen LogP contribution < -0.4 is 10.1 Å². The van der Waals surface area contributed by atoms with E-state index in [1.807, 2.05) is 25.1 Å². The van der Waals surface area contributed by atoms with Gasteiger partial charge in [0.2, 0.25) is 0 Å². The van der Waals surface area contributed by atoms with E-state index in [0.29, 0.717) is 6.10 Å². The van der Waals surface area contributed by atoms with Crippen molar-refractivity contribution in [3.8, 4) is 5.75 Å². The summed E-state index contributed by atoms with van der Waals surface area (Å²) < 4.78 is 7.18. The van der Waals surface area contributed by atoms with Gasteiger partial charge in [0.15, 0.2) is 0 Å². The molecule has 84 valence electrons. The molecule has 0 bridgehead atoms. The van der Waals surface area contributed by atoms with Crippen LogP contribution in [0, 0.1) is 6.92 Å². The van der Waals surface area contributed by atoms with Crippen molar-refractivity contribution in [2.45, 2.75) is 19.4 Å². The van der Waals surface area contributed by atoms with Crippen LogP contribution in [0.4, 0.5) is 0 Å². The Morgan fingerprint density at radius 2 is 2.44 bits per heavy atom. The molecule has 1 aromatic heterocycles. The fourth-order valence-corrected chi connectivity index (χ4v) is 2.91. The Kier molecular flexibility index (Phi) is 2.53. The molecule has 1 atom stereocenters. The van der Waals surface area contributed by atoms with Crippen molar-refractivity contribution in [3.05, 3.63) is 23.2 Å². The van der Waals surface area contributed by atoms with Crippen LogP contribution >= 0.6 is 11.3 Å². The summed E-state index contributed by atoms with van der Waals surface area (Å²) in [7, 11) is 0. The zero-order chi connectivity index (χ0) is 11.0. The first kappa shape index (κ1) is 10.1. The molecule has 1 saturated heterocycles. The molecule has 1 aliphatic heterocycles. The zero-order valence-electron chi connectivity index (χ0n) is 9.19. The number of nitrogens with zero attached hydrogens (tertiary/aromatic N) is 1. The lowest BCUT2D eigenvalue weighted by Gasteiger charge is -2.12. The molecule has 4 heteroatoms. The van der Waals surface area contributed by atoms with Gasteiger partial charge < -0.3 is 10.1 Å². The molecular weight excluding hydrogens is 220 g/mol. The topological polar surface area (TPSA) is 34.1 Å². The van der Waals surface area contributed by atoms with Gasteiger partial charge in [-0.3, -0.25) is 0 Å². The van der Waals surface area contributed by atoms with Gasteiger partial charge in [-0.2, -0.15) is 0 Å². The fraction of sp³-hybridized carbons (Fsp3) is 0.417. The first-order chi connectivity index (χ1) is 7.83. The van der Waals surface area contributed by atoms with Crippen LogP contribution in [0.3, 0.4) is 0 Å². The molecule has 0 saturated carbocycles. The standard InChI is InChI=1S/C12H14N2OS/c1-8-14-10-3-2-4-11(12(10)16-8)15-9-5-6-13-7-9/h2-4,9,13H,5-7H2,1H3. The highest BCUT2D eigenvalue weighted by Gasteiger charge is 2.17. The second kappa shape index (κ2) is 4.03. The predicted octanol–water partition coefficient (Wildman–Crippen LogP) is 2.35. The summed E-state index contributed by atoms with van der Waals surface area (Å²) in [6.45, 7) is 4.04. The third-order valence-corrected chi connectivity index (χ3v) is 3.80. The van der Waals surface area contributed by atoms with E-state index >= 15 is 0 Å². The Bertz CT molecular complexity index is 503. The maximum atomic E-state index is 6.01. The minimum absolute atomic E-state index is 0.313. The molecule has 2 heterocycles. The third kappa shape index (κ3) is 1.79. The summed E-state index contributed by atoms with van der Waals surface area (Å²) in [5.74, 6) is 0.983. The summed E-state index contributed by atoms with van der Waals surface area (Å²) in [6, 6.07) is 6.09. The van der Waals surface area contributed by atoms with E-state index in [9.17, 15) is 0 Å². The Balaban J connectivity index is 1.95. The number of rotatable bonds is 2. The van der Waals surface area contributed by atoms with E-state index in [1.165, 1.54) is 4.70 Å². The normalized spacial score (nSPS) is 20.4. The number of thiazole rings is 1. The van der Waals surface area contributed by atoms with Gasteiger partial charge in [0, 0.05) is 6.54 Å². The molecule has 1 N–H and O–H groups in total. The molecule has 0 radical (unpaired) electrons. The van der Waals surface area contributed by atoms with Crippen molar-refractivity contribution >= 4 is 21.6 Å². The molecular formula is C12H14N2OS. The molecule has 2 aromatic rings. The van der Waals surface area contributed by atoms with Crippen molar-refractivity contribution in [1.29, 1.82) is 0 Å². The molecule has 1 unspecified atom stereocenters. The zero-order valence-corrected chi connectivity index (χ0v) is 10.0. The minimum Gasteiger partial charge on any atom is -0.487 e. The number of aryl methyl sites for hydroxylation is 1. The van der Waals surface area contributed by atoms with Gasteiger partial charge in [0.25, 0.3) is 0 Å². The second-order valence-electron chi connectivity index (χ2n) is 4.07. The van der Waals surface area contributed by atoms with Gasteiger partial charge in [0.05, 0.1) is 15.2 Å². The van der Waals surface area contributed by atoms with Crippen molar-refractivity contribution in [2.75, 3.05) is 13.1 Å². The van der Waals surface area contributed by atoms with Gasteiger partial charge in [-0.05, 0) is 32.0 Å². The summed E-state index contributed by atoms with van der Waals surface area (Å²) >= 11 is 1.71. The van der Waals surface area contributed by atoms with E-state index in [4.69, 9.17) is 4.74 Å². The van der Waals surface area contributed by atoms with Crippen LogP contribution in [-0.4, -0.2) is 24.2 Å². The van der Waals surface area contributed by atoms with E-state index in [0.717, 1.165) is 35.8 Å². The van der Waals surface area contributed by atoms with Crippen molar-refractivity contribution < 1.29 is 4.74 Å². The second-order valence-corrected chi connectivity index (χ2v) is 5.27. The number of benzene rings is 1. The van der Waals surface area contributed by atoms with Crippen LogP contribution in [0.15, 0.2) is 18.2 Å². The van der Waals surface area contributed by atoms with Crippen LogP contribution in [0.25, 0.3) is 10.2 Å². The molecule has 1 aliphatic rings. The Labute approximate surface area is 98.5 Å². The van der Waals surface area contributed by atoms with Gasteiger partial charge in [-0.1, -0.05) is 6.07 Å². The molecule has 3 rings (SSSR count). The lowest BCUT2D eigenvalue weighted by molar-refractivity contribution is 0.226. The van der Waals surface area contributed by atoms with E-state index < -0.39 is 0 Å². The average molecular weight is 234 g/mol. The number of hydrogen-bond donors (Lipinski definition) is 1. The molecule has 1 aromatic carbocycles. The summed E-state index contributed by atoms with van der Waals surface area (Å²) in [5, 5.41) is 4.40. The third-order valence-electron chi connectivity index (χ3n) is 2.79. The fourth-order valence-electron chi connectivity index (χ4n) is 2.04. The number of aromatic nitrogens is 1. The van der Waals surface area contributed by atoms with Crippen LogP contribution in [0.5, 0.6) is 5.75 Å². The molecule has 1 fully saturated rings. The van der Waals surface area contributed by atoms with E-state index in [2.05, 4.69) is 10.3 Å². The molecule has 0 spiro atoms. The number of fused-ring (bicyclic) bond motifs is 1. The van der Waals surface area contributed by atoms with E-state index in [1.54, 1.807) is 11.3 Å². The van der Waals surface area contributed by atoms with Crippen molar-refractivity contribution in [3.63, 3.8) is 0 Å². The van der Waals surface area contributed by atoms with Gasteiger partial charge in [-0.15, -0.1) is 11.3 Å². The van der Waals surface area contributed by atoms with Crippen LogP contribution in [-0.2, 0) is 0 Å². The lowest BCUT2D eigenvalue weighted by atomic mass is 10.3. The molecule has 0 aliphatic carbocycles. The monoisotopic (exact) mass is 234 g/mol. The van der Waals surface area contributed by atoms with Crippen molar-refractivity contribution in [2.24, 2.45) is 0 Å². The Hall–Kier alpha value is -1.13. The Morgan fingerprint density at radius 1 is 1.50 bits per heavy atom. The lowest BCUT2D eigenvalue weighted by Crippen LogP contribution is -2.19. The largest absolute Gasteiger partial charge is 0.487 e. The first-order valence-corrected chi connectivity index (χ1v) is 6.38. The molecule has 16 heavy (non-hydrogen) atoms. The summed E-state index contributed by atoms with van der Waals surface area (Å²) in [5.41, 5.74) is 1.05. The average Bonchev–Trinajstić information content (AvgIpc) is 2.86. The van der Waals surface area contributed by atoms with E-state index in [-0.39, 0.29) is 0 Å². The number of hydrogen-bond acceptors (Lipinski definition) is 4. The highest BCUT2D eigenvalue weighted by molar-refractivity contribution is 7.18. The number of ether oxygens (including phenoxy) is 1. The van der Waals surface area contributed by atoms with Gasteiger partial charge in [-0.25, -0.2) is 4.98 Å².